The summed E-state index contributed by atoms with van der Waals surface area (Å²) in [5, 5.41) is 3.17. The standard InChI is InChI=1S/C17H15NO2S/c1-11-6-7-13(18)8-15(11)17(19)20-9-12-10-21-16-5-3-2-4-14(12)16/h2-8,10H,9,18H2,1H3. The number of carbonyl (C=O) groups is 1. The zero-order chi connectivity index (χ0) is 14.8. The number of benzene rings is 2. The Hall–Kier alpha value is -2.33. The van der Waals surface area contributed by atoms with Gasteiger partial charge >= 0.3 is 5.97 Å². The number of rotatable bonds is 3. The number of esters is 1. The minimum Gasteiger partial charge on any atom is -0.457 e. The second-order valence-corrected chi connectivity index (χ2v) is 5.82. The second kappa shape index (κ2) is 5.58. The Bertz CT molecular complexity index is 807. The van der Waals surface area contributed by atoms with Crippen LogP contribution in [0.25, 0.3) is 10.1 Å². The van der Waals surface area contributed by atoms with Gasteiger partial charge in [0.15, 0.2) is 0 Å². The molecule has 1 heterocycles. The van der Waals surface area contributed by atoms with Crippen LogP contribution in [0.3, 0.4) is 0 Å². The molecule has 106 valence electrons. The molecule has 1 aromatic heterocycles. The van der Waals surface area contributed by atoms with Crippen molar-refractivity contribution in [3.05, 3.63) is 64.5 Å². The van der Waals surface area contributed by atoms with E-state index in [1.807, 2.05) is 36.6 Å². The molecule has 0 aliphatic heterocycles. The predicted molar refractivity (Wildman–Crippen MR) is 86.5 cm³/mol. The van der Waals surface area contributed by atoms with Crippen molar-refractivity contribution in [3.63, 3.8) is 0 Å². The van der Waals surface area contributed by atoms with Crippen LogP contribution in [0, 0.1) is 6.92 Å². The molecule has 0 bridgehead atoms. The Labute approximate surface area is 127 Å². The number of fused-ring (bicyclic) bond motifs is 1. The molecule has 2 aromatic carbocycles. The van der Waals surface area contributed by atoms with E-state index in [2.05, 4.69) is 6.07 Å². The van der Waals surface area contributed by atoms with Crippen LogP contribution in [0.1, 0.15) is 21.5 Å². The van der Waals surface area contributed by atoms with Gasteiger partial charge in [0.1, 0.15) is 6.61 Å². The number of carbonyl (C=O) groups excluding carboxylic acids is 1. The zero-order valence-electron chi connectivity index (χ0n) is 11.6. The number of ether oxygens (including phenoxy) is 1. The van der Waals surface area contributed by atoms with Crippen LogP contribution >= 0.6 is 11.3 Å². The van der Waals surface area contributed by atoms with Crippen LogP contribution in [0.2, 0.25) is 0 Å². The summed E-state index contributed by atoms with van der Waals surface area (Å²) < 4.78 is 6.63. The van der Waals surface area contributed by atoms with Gasteiger partial charge in [-0.1, -0.05) is 24.3 Å². The average molecular weight is 297 g/mol. The normalized spacial score (nSPS) is 10.7. The summed E-state index contributed by atoms with van der Waals surface area (Å²) in [5.41, 5.74) is 8.71. The summed E-state index contributed by atoms with van der Waals surface area (Å²) in [6, 6.07) is 13.4. The van der Waals surface area contributed by atoms with Gasteiger partial charge in [-0.25, -0.2) is 4.79 Å². The van der Waals surface area contributed by atoms with E-state index >= 15 is 0 Å². The lowest BCUT2D eigenvalue weighted by molar-refractivity contribution is 0.0474. The third-order valence-electron chi connectivity index (χ3n) is 3.40. The first kappa shape index (κ1) is 13.6. The highest BCUT2D eigenvalue weighted by Gasteiger charge is 2.12. The highest BCUT2D eigenvalue weighted by molar-refractivity contribution is 7.17. The van der Waals surface area contributed by atoms with Crippen LogP contribution in [0.4, 0.5) is 5.69 Å². The van der Waals surface area contributed by atoms with E-state index in [9.17, 15) is 4.79 Å². The third kappa shape index (κ3) is 2.76. The number of hydrogen-bond acceptors (Lipinski definition) is 4. The van der Waals surface area contributed by atoms with E-state index in [1.165, 1.54) is 4.70 Å². The van der Waals surface area contributed by atoms with Crippen molar-refractivity contribution in [2.24, 2.45) is 0 Å². The molecular formula is C17H15NO2S. The molecule has 4 heteroatoms. The first-order valence-corrected chi connectivity index (χ1v) is 7.51. The van der Waals surface area contributed by atoms with Crippen LogP contribution in [0.15, 0.2) is 47.8 Å². The van der Waals surface area contributed by atoms with Crippen LogP contribution in [-0.2, 0) is 11.3 Å². The summed E-state index contributed by atoms with van der Waals surface area (Å²) in [4.78, 5) is 12.2. The lowest BCUT2D eigenvalue weighted by atomic mass is 10.1. The van der Waals surface area contributed by atoms with Crippen molar-refractivity contribution in [1.29, 1.82) is 0 Å². The van der Waals surface area contributed by atoms with Crippen LogP contribution < -0.4 is 5.73 Å². The van der Waals surface area contributed by atoms with Gasteiger partial charge in [0.05, 0.1) is 5.56 Å². The first-order chi connectivity index (χ1) is 10.1. The second-order valence-electron chi connectivity index (χ2n) is 4.91. The van der Waals surface area contributed by atoms with Gasteiger partial charge in [-0.05, 0) is 41.5 Å². The van der Waals surface area contributed by atoms with Crippen molar-refractivity contribution in [3.8, 4) is 0 Å². The Morgan fingerprint density at radius 1 is 1.24 bits per heavy atom. The van der Waals surface area contributed by atoms with Gasteiger partial charge in [-0.3, -0.25) is 0 Å². The van der Waals surface area contributed by atoms with Gasteiger partial charge < -0.3 is 10.5 Å². The van der Waals surface area contributed by atoms with E-state index in [1.54, 1.807) is 23.5 Å². The SMILES string of the molecule is Cc1ccc(N)cc1C(=O)OCc1csc2ccccc12. The maximum absolute atomic E-state index is 12.2. The molecule has 21 heavy (non-hydrogen) atoms. The van der Waals surface area contributed by atoms with E-state index in [4.69, 9.17) is 10.5 Å². The van der Waals surface area contributed by atoms with Crippen molar-refractivity contribution >= 4 is 33.1 Å². The molecule has 0 fully saturated rings. The maximum Gasteiger partial charge on any atom is 0.338 e. The van der Waals surface area contributed by atoms with Crippen molar-refractivity contribution < 1.29 is 9.53 Å². The molecule has 0 aliphatic rings. The summed E-state index contributed by atoms with van der Waals surface area (Å²) >= 11 is 1.66. The Morgan fingerprint density at radius 2 is 2.05 bits per heavy atom. The topological polar surface area (TPSA) is 52.3 Å². The molecule has 0 radical (unpaired) electrons. The smallest absolute Gasteiger partial charge is 0.338 e. The summed E-state index contributed by atoms with van der Waals surface area (Å²) in [6.45, 7) is 2.15. The van der Waals surface area contributed by atoms with Gasteiger partial charge in [0.2, 0.25) is 0 Å². The molecule has 3 nitrogen and oxygen atoms in total. The predicted octanol–water partition coefficient (Wildman–Crippen LogP) is 4.15. The van der Waals surface area contributed by atoms with Gasteiger partial charge in [0.25, 0.3) is 0 Å². The Kier molecular flexibility index (Phi) is 3.62. The van der Waals surface area contributed by atoms with Crippen molar-refractivity contribution in [1.82, 2.24) is 0 Å². The molecule has 2 N–H and O–H groups in total. The lowest BCUT2D eigenvalue weighted by Gasteiger charge is -2.07. The van der Waals surface area contributed by atoms with Gasteiger partial charge in [-0.2, -0.15) is 0 Å². The fraction of sp³-hybridized carbons (Fsp3) is 0.118. The molecule has 0 amide bonds. The quantitative estimate of drug-likeness (QED) is 0.583. The molecule has 0 aliphatic carbocycles. The average Bonchev–Trinajstić information content (AvgIpc) is 2.90. The van der Waals surface area contributed by atoms with Gasteiger partial charge in [-0.15, -0.1) is 11.3 Å². The monoisotopic (exact) mass is 297 g/mol. The summed E-state index contributed by atoms with van der Waals surface area (Å²) in [7, 11) is 0. The molecule has 3 rings (SSSR count). The molecule has 0 atom stereocenters. The molecule has 0 spiro atoms. The molecule has 3 aromatic rings. The number of aryl methyl sites for hydroxylation is 1. The third-order valence-corrected chi connectivity index (χ3v) is 4.41. The number of anilines is 1. The lowest BCUT2D eigenvalue weighted by Crippen LogP contribution is -2.07. The molecular weight excluding hydrogens is 282 g/mol. The summed E-state index contributed by atoms with van der Waals surface area (Å²) in [5.74, 6) is -0.338. The van der Waals surface area contributed by atoms with E-state index in [0.29, 0.717) is 11.3 Å². The van der Waals surface area contributed by atoms with Crippen molar-refractivity contribution in [2.75, 3.05) is 5.73 Å². The fourth-order valence-corrected chi connectivity index (χ4v) is 3.17. The Morgan fingerprint density at radius 3 is 2.90 bits per heavy atom. The number of thiophene rings is 1. The van der Waals surface area contributed by atoms with Gasteiger partial charge in [0, 0.05) is 16.0 Å². The fourth-order valence-electron chi connectivity index (χ4n) is 2.23. The van der Waals surface area contributed by atoms with Crippen LogP contribution in [0.5, 0.6) is 0 Å². The zero-order valence-corrected chi connectivity index (χ0v) is 12.4. The molecule has 0 saturated carbocycles. The van der Waals surface area contributed by atoms with E-state index < -0.39 is 0 Å². The number of nitrogen functional groups attached to an aromatic ring is 1. The first-order valence-electron chi connectivity index (χ1n) is 6.63. The van der Waals surface area contributed by atoms with Crippen LogP contribution in [-0.4, -0.2) is 5.97 Å². The largest absolute Gasteiger partial charge is 0.457 e. The minimum absolute atomic E-state index is 0.275. The molecule has 0 unspecified atom stereocenters. The van der Waals surface area contributed by atoms with Crippen molar-refractivity contribution in [2.45, 2.75) is 13.5 Å². The maximum atomic E-state index is 12.2. The molecule has 0 saturated heterocycles. The summed E-state index contributed by atoms with van der Waals surface area (Å²) in [6.07, 6.45) is 0. The highest BCUT2D eigenvalue weighted by atomic mass is 32.1. The van der Waals surface area contributed by atoms with E-state index in [0.717, 1.165) is 16.5 Å². The number of nitrogens with two attached hydrogens (primary N) is 1. The van der Waals surface area contributed by atoms with E-state index in [-0.39, 0.29) is 12.6 Å². The Balaban J connectivity index is 1.78. The highest BCUT2D eigenvalue weighted by Crippen LogP contribution is 2.26. The minimum atomic E-state index is -0.338. The number of hydrogen-bond donors (Lipinski definition) is 1.